The molecular formula is C12H12BrN3O3. The molecule has 0 fully saturated rings. The van der Waals surface area contributed by atoms with Gasteiger partial charge in [-0.15, -0.1) is 0 Å². The van der Waals surface area contributed by atoms with Crippen LogP contribution >= 0.6 is 15.9 Å². The maximum absolute atomic E-state index is 11.9. The third kappa shape index (κ3) is 2.28. The van der Waals surface area contributed by atoms with E-state index >= 15 is 0 Å². The summed E-state index contributed by atoms with van der Waals surface area (Å²) in [5.74, 6) is -0.398. The lowest BCUT2D eigenvalue weighted by Gasteiger charge is -2.18. The molecule has 0 aliphatic heterocycles. The fourth-order valence-corrected chi connectivity index (χ4v) is 2.28. The summed E-state index contributed by atoms with van der Waals surface area (Å²) < 4.78 is 1.63. The van der Waals surface area contributed by atoms with Crippen LogP contribution in [0.25, 0.3) is 11.1 Å². The summed E-state index contributed by atoms with van der Waals surface area (Å²) in [6.45, 7) is 0. The van der Waals surface area contributed by atoms with Gasteiger partial charge in [-0.25, -0.2) is 4.79 Å². The molecule has 0 radical (unpaired) electrons. The zero-order valence-corrected chi connectivity index (χ0v) is 11.9. The van der Waals surface area contributed by atoms with Gasteiger partial charge in [0.05, 0.1) is 0 Å². The van der Waals surface area contributed by atoms with Crippen LogP contribution in [0.4, 0.5) is 0 Å². The van der Waals surface area contributed by atoms with Crippen LogP contribution in [0.3, 0.4) is 0 Å². The number of hydrogen-bond donors (Lipinski definition) is 2. The van der Waals surface area contributed by atoms with Crippen molar-refractivity contribution in [1.29, 1.82) is 0 Å². The third-order valence-corrected chi connectivity index (χ3v) is 3.30. The Morgan fingerprint density at radius 1 is 1.26 bits per heavy atom. The number of benzene rings is 1. The monoisotopic (exact) mass is 325 g/mol. The van der Waals surface area contributed by atoms with Gasteiger partial charge in [0, 0.05) is 24.1 Å². The Morgan fingerprint density at radius 3 is 2.47 bits per heavy atom. The van der Waals surface area contributed by atoms with Crippen molar-refractivity contribution in [3.8, 4) is 17.0 Å². The van der Waals surface area contributed by atoms with Gasteiger partial charge in [-0.05, 0) is 6.07 Å². The zero-order valence-electron chi connectivity index (χ0n) is 10.3. The molecule has 0 atom stereocenters. The Morgan fingerprint density at radius 2 is 1.89 bits per heavy atom. The Balaban J connectivity index is 2.86. The van der Waals surface area contributed by atoms with E-state index in [1.807, 2.05) is 0 Å². The van der Waals surface area contributed by atoms with E-state index in [1.165, 1.54) is 5.01 Å². The summed E-state index contributed by atoms with van der Waals surface area (Å²) in [5.41, 5.74) is -0.770. The highest BCUT2D eigenvalue weighted by atomic mass is 79.9. The van der Waals surface area contributed by atoms with Crippen LogP contribution in [0.1, 0.15) is 0 Å². The molecule has 0 bridgehead atoms. The predicted molar refractivity (Wildman–Crippen MR) is 76.2 cm³/mol. The number of aromatic amines is 1. The quantitative estimate of drug-likeness (QED) is 0.858. The SMILES string of the molecule is CN(C)n1c(O)c(-c2ccccc2Br)c(=O)[nH]c1=O. The molecule has 2 N–H and O–H groups in total. The highest BCUT2D eigenvalue weighted by Gasteiger charge is 2.18. The van der Waals surface area contributed by atoms with Gasteiger partial charge in [-0.3, -0.25) is 9.78 Å². The van der Waals surface area contributed by atoms with E-state index in [2.05, 4.69) is 20.9 Å². The van der Waals surface area contributed by atoms with Crippen molar-refractivity contribution in [3.05, 3.63) is 49.6 Å². The maximum atomic E-state index is 11.9. The first-order chi connectivity index (χ1) is 8.93. The molecule has 2 aromatic rings. The van der Waals surface area contributed by atoms with E-state index in [1.54, 1.807) is 38.4 Å². The molecule has 1 aromatic carbocycles. The number of H-pyrrole nitrogens is 1. The molecule has 7 heteroatoms. The third-order valence-electron chi connectivity index (χ3n) is 2.61. The number of nitrogens with one attached hydrogen (secondary N) is 1. The molecule has 1 heterocycles. The molecule has 19 heavy (non-hydrogen) atoms. The lowest BCUT2D eigenvalue weighted by Crippen LogP contribution is -2.40. The number of hydrogen-bond acceptors (Lipinski definition) is 4. The van der Waals surface area contributed by atoms with E-state index in [0.717, 1.165) is 4.68 Å². The van der Waals surface area contributed by atoms with Crippen molar-refractivity contribution in [3.63, 3.8) is 0 Å². The van der Waals surface area contributed by atoms with Gasteiger partial charge < -0.3 is 10.1 Å². The normalized spacial score (nSPS) is 10.5. The van der Waals surface area contributed by atoms with E-state index in [9.17, 15) is 14.7 Å². The summed E-state index contributed by atoms with van der Waals surface area (Å²) >= 11 is 3.32. The summed E-state index contributed by atoms with van der Waals surface area (Å²) in [7, 11) is 3.17. The largest absolute Gasteiger partial charge is 0.493 e. The second-order valence-electron chi connectivity index (χ2n) is 4.10. The fourth-order valence-electron chi connectivity index (χ4n) is 1.79. The Labute approximate surface area is 117 Å². The summed E-state index contributed by atoms with van der Waals surface area (Å²) in [6, 6.07) is 6.96. The molecule has 0 aliphatic rings. The summed E-state index contributed by atoms with van der Waals surface area (Å²) in [4.78, 5) is 25.8. The number of aromatic nitrogens is 2. The van der Waals surface area contributed by atoms with Crippen molar-refractivity contribution >= 4 is 15.9 Å². The standard InChI is InChI=1S/C12H12BrN3O3/c1-15(2)16-11(18)9(10(17)14-12(16)19)7-5-3-4-6-8(7)13/h3-6,18H,1-2H3,(H,14,17,19). The van der Waals surface area contributed by atoms with E-state index < -0.39 is 17.1 Å². The van der Waals surface area contributed by atoms with Gasteiger partial charge in [0.1, 0.15) is 5.56 Å². The molecule has 0 saturated heterocycles. The van der Waals surface area contributed by atoms with Crippen LogP contribution < -0.4 is 16.3 Å². The minimum absolute atomic E-state index is 0.0424. The van der Waals surface area contributed by atoms with Crippen LogP contribution in [0.15, 0.2) is 38.3 Å². The molecule has 0 amide bonds. The van der Waals surface area contributed by atoms with Crippen molar-refractivity contribution < 1.29 is 5.11 Å². The topological polar surface area (TPSA) is 78.3 Å². The Hall–Kier alpha value is -2.02. The van der Waals surface area contributed by atoms with Crippen LogP contribution in [-0.4, -0.2) is 28.9 Å². The minimum atomic E-state index is -0.691. The fraction of sp³-hybridized carbons (Fsp3) is 0.167. The van der Waals surface area contributed by atoms with Crippen LogP contribution in [0.2, 0.25) is 0 Å². The van der Waals surface area contributed by atoms with Gasteiger partial charge in [0.25, 0.3) is 5.56 Å². The molecule has 0 unspecified atom stereocenters. The first-order valence-electron chi connectivity index (χ1n) is 5.44. The van der Waals surface area contributed by atoms with Crippen LogP contribution in [0, 0.1) is 0 Å². The summed E-state index contributed by atoms with van der Waals surface area (Å²) in [5, 5.41) is 11.6. The maximum Gasteiger partial charge on any atom is 0.350 e. The molecule has 100 valence electrons. The van der Waals surface area contributed by atoms with Crippen molar-refractivity contribution in [2.45, 2.75) is 0 Å². The highest BCUT2D eigenvalue weighted by molar-refractivity contribution is 9.10. The van der Waals surface area contributed by atoms with Gasteiger partial charge in [0.2, 0.25) is 5.88 Å². The highest BCUT2D eigenvalue weighted by Crippen LogP contribution is 2.30. The van der Waals surface area contributed by atoms with Crippen molar-refractivity contribution in [2.24, 2.45) is 0 Å². The van der Waals surface area contributed by atoms with Crippen LogP contribution in [0.5, 0.6) is 5.88 Å². The minimum Gasteiger partial charge on any atom is -0.493 e. The average molecular weight is 326 g/mol. The Kier molecular flexibility index (Phi) is 3.48. The van der Waals surface area contributed by atoms with Gasteiger partial charge in [-0.1, -0.05) is 34.1 Å². The van der Waals surface area contributed by atoms with Gasteiger partial charge in [0.15, 0.2) is 0 Å². The number of aromatic hydroxyl groups is 1. The number of rotatable bonds is 2. The molecular weight excluding hydrogens is 314 g/mol. The van der Waals surface area contributed by atoms with E-state index in [4.69, 9.17) is 0 Å². The first-order valence-corrected chi connectivity index (χ1v) is 6.23. The lowest BCUT2D eigenvalue weighted by atomic mass is 10.1. The smallest absolute Gasteiger partial charge is 0.350 e. The predicted octanol–water partition coefficient (Wildman–Crippen LogP) is 0.869. The molecule has 6 nitrogen and oxygen atoms in total. The van der Waals surface area contributed by atoms with E-state index in [0.29, 0.717) is 10.0 Å². The number of nitrogens with zero attached hydrogens (tertiary/aromatic N) is 2. The lowest BCUT2D eigenvalue weighted by molar-refractivity contribution is 0.406. The van der Waals surface area contributed by atoms with Gasteiger partial charge in [-0.2, -0.15) is 4.68 Å². The molecule has 2 rings (SSSR count). The van der Waals surface area contributed by atoms with Crippen LogP contribution in [-0.2, 0) is 0 Å². The summed E-state index contributed by atoms with van der Waals surface area (Å²) in [6.07, 6.45) is 0. The Bertz CT molecular complexity index is 734. The average Bonchev–Trinajstić information content (AvgIpc) is 2.30. The van der Waals surface area contributed by atoms with Crippen molar-refractivity contribution in [1.82, 2.24) is 9.66 Å². The van der Waals surface area contributed by atoms with E-state index in [-0.39, 0.29) is 5.56 Å². The van der Waals surface area contributed by atoms with Gasteiger partial charge >= 0.3 is 5.69 Å². The number of halogens is 1. The molecule has 1 aromatic heterocycles. The zero-order chi connectivity index (χ0) is 14.2. The first kappa shape index (κ1) is 13.4. The molecule has 0 aliphatic carbocycles. The second-order valence-corrected chi connectivity index (χ2v) is 4.95. The molecule has 0 saturated carbocycles. The molecule has 0 spiro atoms. The van der Waals surface area contributed by atoms with Crippen molar-refractivity contribution in [2.75, 3.05) is 19.1 Å². The second kappa shape index (κ2) is 4.93.